The number of alkyl halides is 1. The van der Waals surface area contributed by atoms with Crippen LogP contribution in [-0.4, -0.2) is 17.7 Å². The van der Waals surface area contributed by atoms with Crippen LogP contribution in [0.15, 0.2) is 3.58 Å². The van der Waals surface area contributed by atoms with Crippen molar-refractivity contribution in [2.45, 2.75) is 25.6 Å². The standard InChI is InChI=1S/C6H9FINO/c1-6(2,7)5(9)4(8)3-10/h5H,9H2,1-2H3. The first-order chi connectivity index (χ1) is 4.39. The van der Waals surface area contributed by atoms with Crippen molar-refractivity contribution in [3.05, 3.63) is 3.58 Å². The molecule has 0 spiro atoms. The lowest BCUT2D eigenvalue weighted by Gasteiger charge is -2.20. The fraction of sp³-hybridized carbons (Fsp3) is 0.667. The van der Waals surface area contributed by atoms with Gasteiger partial charge in [0.25, 0.3) is 0 Å². The van der Waals surface area contributed by atoms with Crippen LogP contribution in [0.1, 0.15) is 13.8 Å². The minimum Gasteiger partial charge on any atom is -0.320 e. The second-order valence-corrected chi connectivity index (χ2v) is 3.65. The molecule has 0 radical (unpaired) electrons. The smallest absolute Gasteiger partial charge is 0.136 e. The molecule has 0 aromatic rings. The van der Waals surface area contributed by atoms with Crippen molar-refractivity contribution in [3.8, 4) is 0 Å². The van der Waals surface area contributed by atoms with Crippen molar-refractivity contribution in [1.29, 1.82) is 0 Å². The minimum atomic E-state index is -1.55. The van der Waals surface area contributed by atoms with E-state index >= 15 is 0 Å². The monoisotopic (exact) mass is 257 g/mol. The first kappa shape index (κ1) is 10.1. The molecule has 0 aromatic carbocycles. The summed E-state index contributed by atoms with van der Waals surface area (Å²) in [5.41, 5.74) is 3.78. The molecule has 0 aliphatic rings. The lowest BCUT2D eigenvalue weighted by atomic mass is 10.0. The van der Waals surface area contributed by atoms with E-state index in [2.05, 4.69) is 0 Å². The fourth-order valence-corrected chi connectivity index (χ4v) is 1.11. The van der Waals surface area contributed by atoms with Crippen LogP contribution in [0.3, 0.4) is 0 Å². The third kappa shape index (κ3) is 2.77. The lowest BCUT2D eigenvalue weighted by Crippen LogP contribution is -2.39. The third-order valence-electron chi connectivity index (χ3n) is 1.11. The minimum absolute atomic E-state index is 0.185. The normalized spacial score (nSPS) is 14.1. The molecule has 58 valence electrons. The highest BCUT2D eigenvalue weighted by atomic mass is 127. The molecule has 0 bridgehead atoms. The molecule has 10 heavy (non-hydrogen) atoms. The number of hydrogen-bond donors (Lipinski definition) is 1. The van der Waals surface area contributed by atoms with E-state index in [1.165, 1.54) is 13.8 Å². The Morgan fingerprint density at radius 1 is 1.80 bits per heavy atom. The molecule has 0 aromatic heterocycles. The molecule has 1 atom stereocenters. The molecule has 0 fully saturated rings. The SMILES string of the molecule is CC(C)(F)C(N)C(I)=C=O. The summed E-state index contributed by atoms with van der Waals surface area (Å²) in [5.74, 6) is 1.56. The molecular weight excluding hydrogens is 248 g/mol. The molecule has 0 saturated heterocycles. The number of rotatable bonds is 2. The fourth-order valence-electron chi connectivity index (χ4n) is 0.365. The third-order valence-corrected chi connectivity index (χ3v) is 2.00. The average molecular weight is 257 g/mol. The molecule has 0 heterocycles. The van der Waals surface area contributed by atoms with E-state index in [9.17, 15) is 9.18 Å². The van der Waals surface area contributed by atoms with Crippen LogP contribution in [-0.2, 0) is 4.79 Å². The molecule has 0 amide bonds. The van der Waals surface area contributed by atoms with E-state index in [4.69, 9.17) is 5.73 Å². The second kappa shape index (κ2) is 3.46. The Balaban J connectivity index is 4.37. The Morgan fingerprint density at radius 3 is 2.30 bits per heavy atom. The van der Waals surface area contributed by atoms with Gasteiger partial charge in [0.1, 0.15) is 11.6 Å². The Hall–Kier alpha value is 0.0700. The largest absolute Gasteiger partial charge is 0.320 e. The van der Waals surface area contributed by atoms with Gasteiger partial charge in [-0.05, 0) is 36.4 Å². The summed E-state index contributed by atoms with van der Waals surface area (Å²) in [4.78, 5) is 9.98. The van der Waals surface area contributed by atoms with Gasteiger partial charge in [0.2, 0.25) is 0 Å². The Labute approximate surface area is 72.8 Å². The molecule has 2 N–H and O–H groups in total. The van der Waals surface area contributed by atoms with E-state index in [-0.39, 0.29) is 3.58 Å². The summed E-state index contributed by atoms with van der Waals surface area (Å²) >= 11 is 1.68. The van der Waals surface area contributed by atoms with E-state index in [1.54, 1.807) is 28.5 Å². The van der Waals surface area contributed by atoms with Gasteiger partial charge in [-0.25, -0.2) is 9.18 Å². The summed E-state index contributed by atoms with van der Waals surface area (Å²) < 4.78 is 13.1. The highest BCUT2D eigenvalue weighted by Gasteiger charge is 2.28. The van der Waals surface area contributed by atoms with Crippen LogP contribution >= 0.6 is 22.6 Å². The average Bonchev–Trinajstić information content (AvgIpc) is 1.83. The molecule has 0 aliphatic carbocycles. The van der Waals surface area contributed by atoms with Gasteiger partial charge in [0, 0.05) is 0 Å². The van der Waals surface area contributed by atoms with E-state index in [0.717, 1.165) is 0 Å². The maximum atomic E-state index is 12.9. The highest BCUT2D eigenvalue weighted by molar-refractivity contribution is 14.1. The van der Waals surface area contributed by atoms with Crippen molar-refractivity contribution in [2.24, 2.45) is 5.73 Å². The van der Waals surface area contributed by atoms with Gasteiger partial charge in [-0.3, -0.25) is 0 Å². The Morgan fingerprint density at radius 2 is 2.20 bits per heavy atom. The van der Waals surface area contributed by atoms with Crippen LogP contribution < -0.4 is 5.73 Å². The van der Waals surface area contributed by atoms with E-state index < -0.39 is 11.7 Å². The zero-order valence-corrected chi connectivity index (χ0v) is 7.98. The lowest BCUT2D eigenvalue weighted by molar-refractivity contribution is 0.195. The van der Waals surface area contributed by atoms with Gasteiger partial charge in [0.15, 0.2) is 0 Å². The molecular formula is C6H9FINO. The summed E-state index contributed by atoms with van der Waals surface area (Å²) in [6, 6.07) is -0.856. The predicted octanol–water partition coefficient (Wildman–Crippen LogP) is 1.21. The predicted molar refractivity (Wildman–Crippen MR) is 46.4 cm³/mol. The van der Waals surface area contributed by atoms with E-state index in [0.29, 0.717) is 0 Å². The highest BCUT2D eigenvalue weighted by Crippen LogP contribution is 2.20. The summed E-state index contributed by atoms with van der Waals surface area (Å²) in [6.07, 6.45) is 0. The van der Waals surface area contributed by atoms with Gasteiger partial charge in [-0.2, -0.15) is 0 Å². The van der Waals surface area contributed by atoms with Crippen LogP contribution in [0.4, 0.5) is 4.39 Å². The van der Waals surface area contributed by atoms with Gasteiger partial charge < -0.3 is 5.73 Å². The summed E-state index contributed by atoms with van der Waals surface area (Å²) in [7, 11) is 0. The van der Waals surface area contributed by atoms with Crippen molar-refractivity contribution < 1.29 is 9.18 Å². The zero-order valence-electron chi connectivity index (χ0n) is 5.82. The summed E-state index contributed by atoms with van der Waals surface area (Å²) in [5, 5.41) is 0. The first-order valence-corrected chi connectivity index (χ1v) is 3.82. The van der Waals surface area contributed by atoms with E-state index in [1.807, 2.05) is 0 Å². The van der Waals surface area contributed by atoms with Gasteiger partial charge >= 0.3 is 0 Å². The van der Waals surface area contributed by atoms with Gasteiger partial charge in [0.05, 0.1) is 9.62 Å². The van der Waals surface area contributed by atoms with Crippen molar-refractivity contribution in [3.63, 3.8) is 0 Å². The summed E-state index contributed by atoms with van der Waals surface area (Å²) in [6.45, 7) is 2.65. The topological polar surface area (TPSA) is 43.1 Å². The number of halogens is 2. The molecule has 4 heteroatoms. The maximum absolute atomic E-state index is 12.9. The quantitative estimate of drug-likeness (QED) is 0.597. The van der Waals surface area contributed by atoms with Crippen LogP contribution in [0.5, 0.6) is 0 Å². The molecule has 0 aliphatic heterocycles. The van der Waals surface area contributed by atoms with Gasteiger partial charge in [-0.1, -0.05) is 0 Å². The van der Waals surface area contributed by atoms with Crippen molar-refractivity contribution in [2.75, 3.05) is 0 Å². The van der Waals surface area contributed by atoms with Gasteiger partial charge in [-0.15, -0.1) is 0 Å². The molecule has 2 nitrogen and oxygen atoms in total. The molecule has 0 saturated carbocycles. The van der Waals surface area contributed by atoms with Crippen LogP contribution in [0.2, 0.25) is 0 Å². The molecule has 1 unspecified atom stereocenters. The first-order valence-electron chi connectivity index (χ1n) is 2.74. The number of hydrogen-bond acceptors (Lipinski definition) is 2. The zero-order chi connectivity index (χ0) is 8.36. The van der Waals surface area contributed by atoms with Crippen LogP contribution in [0, 0.1) is 0 Å². The maximum Gasteiger partial charge on any atom is 0.136 e. The number of nitrogens with two attached hydrogens (primary N) is 1. The van der Waals surface area contributed by atoms with Crippen LogP contribution in [0.25, 0.3) is 0 Å². The number of carbonyl (C=O) groups excluding carboxylic acids is 1. The molecule has 0 rings (SSSR count). The van der Waals surface area contributed by atoms with Crippen molar-refractivity contribution >= 4 is 28.5 Å². The Bertz CT molecular complexity index is 169. The second-order valence-electron chi connectivity index (χ2n) is 2.49. The van der Waals surface area contributed by atoms with Crippen molar-refractivity contribution in [1.82, 2.24) is 0 Å². The Kier molecular flexibility index (Phi) is 3.48.